The third kappa shape index (κ3) is 3.47. The largest absolute Gasteiger partial charge is 0.506 e. The Morgan fingerprint density at radius 2 is 1.92 bits per heavy atom. The second kappa shape index (κ2) is 7.36. The van der Waals surface area contributed by atoms with E-state index in [9.17, 15) is 14.7 Å². The Bertz CT molecular complexity index is 1090. The minimum absolute atomic E-state index is 0.0440. The van der Waals surface area contributed by atoms with Gasteiger partial charge in [0.15, 0.2) is 12.4 Å². The van der Waals surface area contributed by atoms with Gasteiger partial charge < -0.3 is 14.8 Å². The van der Waals surface area contributed by atoms with Gasteiger partial charge in [-0.05, 0) is 35.9 Å². The quantitative estimate of drug-likeness (QED) is 0.546. The van der Waals surface area contributed by atoms with Crippen molar-refractivity contribution in [1.29, 1.82) is 5.26 Å². The minimum Gasteiger partial charge on any atom is -0.506 e. The Kier molecular flexibility index (Phi) is 4.81. The summed E-state index contributed by atoms with van der Waals surface area (Å²) in [5, 5.41) is 19.2. The first-order valence-electron chi connectivity index (χ1n) is 7.76. The van der Waals surface area contributed by atoms with Crippen LogP contribution >= 0.6 is 0 Å². The zero-order chi connectivity index (χ0) is 18.5. The summed E-state index contributed by atoms with van der Waals surface area (Å²) in [4.78, 5) is 27.1. The molecule has 0 aliphatic rings. The predicted molar refractivity (Wildman–Crippen MR) is 97.1 cm³/mol. The number of benzene rings is 2. The predicted octanol–water partition coefficient (Wildman–Crippen LogP) is 3.03. The van der Waals surface area contributed by atoms with E-state index < -0.39 is 11.3 Å². The molecule has 6 nitrogen and oxygen atoms in total. The summed E-state index contributed by atoms with van der Waals surface area (Å²) in [5.74, 6) is -0.391. The number of ether oxygens (including phenoxy) is 1. The van der Waals surface area contributed by atoms with Gasteiger partial charge in [-0.1, -0.05) is 30.3 Å². The molecule has 6 heteroatoms. The molecule has 1 aromatic heterocycles. The number of allylic oxidation sites excluding steroid dienone is 1. The Balaban J connectivity index is 1.86. The van der Waals surface area contributed by atoms with Crippen LogP contribution in [0.3, 0.4) is 0 Å². The van der Waals surface area contributed by atoms with E-state index in [4.69, 9.17) is 10.00 Å². The summed E-state index contributed by atoms with van der Waals surface area (Å²) in [6.07, 6.45) is 2.76. The lowest BCUT2D eigenvalue weighted by atomic mass is 10.1. The van der Waals surface area contributed by atoms with E-state index in [-0.39, 0.29) is 17.9 Å². The molecule has 1 heterocycles. The van der Waals surface area contributed by atoms with Crippen LogP contribution in [0.1, 0.15) is 15.9 Å². The van der Waals surface area contributed by atoms with E-state index >= 15 is 0 Å². The topological polar surface area (TPSA) is 103 Å². The van der Waals surface area contributed by atoms with Gasteiger partial charge in [-0.15, -0.1) is 0 Å². The van der Waals surface area contributed by atoms with Crippen molar-refractivity contribution in [1.82, 2.24) is 4.98 Å². The highest BCUT2D eigenvalue weighted by molar-refractivity contribution is 6.11. The Morgan fingerprint density at radius 1 is 1.19 bits per heavy atom. The number of pyridine rings is 1. The molecule has 0 bridgehead atoms. The van der Waals surface area contributed by atoms with E-state index in [0.29, 0.717) is 22.2 Å². The summed E-state index contributed by atoms with van der Waals surface area (Å²) in [5.41, 5.74) is 0.230. The molecule has 0 radical (unpaired) electrons. The summed E-state index contributed by atoms with van der Waals surface area (Å²) >= 11 is 0. The number of hydrogen-bond donors (Lipinski definition) is 2. The first-order chi connectivity index (χ1) is 12.6. The van der Waals surface area contributed by atoms with Gasteiger partial charge >= 0.3 is 0 Å². The van der Waals surface area contributed by atoms with Crippen LogP contribution in [0.2, 0.25) is 0 Å². The van der Waals surface area contributed by atoms with Gasteiger partial charge in [0.05, 0.1) is 5.52 Å². The summed E-state index contributed by atoms with van der Waals surface area (Å²) in [7, 11) is 0. The number of fused-ring (bicyclic) bond motifs is 1. The average molecular weight is 346 g/mol. The van der Waals surface area contributed by atoms with Crippen molar-refractivity contribution in [3.63, 3.8) is 0 Å². The van der Waals surface area contributed by atoms with Gasteiger partial charge in [-0.25, -0.2) is 0 Å². The molecule has 0 fully saturated rings. The van der Waals surface area contributed by atoms with Crippen LogP contribution in [0, 0.1) is 11.3 Å². The Hall–Kier alpha value is -3.85. The number of hydrogen-bond acceptors (Lipinski definition) is 5. The third-order valence-electron chi connectivity index (χ3n) is 3.75. The van der Waals surface area contributed by atoms with Crippen LogP contribution in [0.15, 0.2) is 59.4 Å². The maximum atomic E-state index is 12.4. The SMILES string of the molecule is N#CCOc1ccc(C=CC(=O)c2c(O)c3ccccc3[nH]c2=O)cc1. The lowest BCUT2D eigenvalue weighted by Gasteiger charge is -2.05. The number of nitrogens with zero attached hydrogens (tertiary/aromatic N) is 1. The van der Waals surface area contributed by atoms with Gasteiger partial charge in [0.2, 0.25) is 0 Å². The second-order valence-corrected chi connectivity index (χ2v) is 5.44. The maximum Gasteiger partial charge on any atom is 0.263 e. The van der Waals surface area contributed by atoms with E-state index in [1.807, 2.05) is 6.07 Å². The fourth-order valence-electron chi connectivity index (χ4n) is 2.50. The number of aromatic hydroxyl groups is 1. The van der Waals surface area contributed by atoms with Crippen LogP contribution in [-0.2, 0) is 0 Å². The highest BCUT2D eigenvalue weighted by Gasteiger charge is 2.16. The van der Waals surface area contributed by atoms with Gasteiger partial charge in [-0.2, -0.15) is 5.26 Å². The van der Waals surface area contributed by atoms with Crippen LogP contribution in [-0.4, -0.2) is 22.5 Å². The van der Waals surface area contributed by atoms with Gasteiger partial charge in [-0.3, -0.25) is 9.59 Å². The zero-order valence-electron chi connectivity index (χ0n) is 13.6. The normalized spacial score (nSPS) is 10.7. The monoisotopic (exact) mass is 346 g/mol. The molecule has 128 valence electrons. The first-order valence-corrected chi connectivity index (χ1v) is 7.76. The van der Waals surface area contributed by atoms with E-state index in [1.54, 1.807) is 48.5 Å². The molecule has 0 unspecified atom stereocenters. The number of para-hydroxylation sites is 1. The Labute approximate surface area is 148 Å². The average Bonchev–Trinajstić information content (AvgIpc) is 2.65. The van der Waals surface area contributed by atoms with E-state index in [1.165, 1.54) is 12.2 Å². The molecule has 0 saturated carbocycles. The maximum absolute atomic E-state index is 12.4. The number of aromatic nitrogens is 1. The summed E-state index contributed by atoms with van der Waals surface area (Å²) < 4.78 is 5.15. The van der Waals surface area contributed by atoms with Crippen molar-refractivity contribution in [3.8, 4) is 17.6 Å². The highest BCUT2D eigenvalue weighted by Crippen LogP contribution is 2.25. The number of nitrogens with one attached hydrogen (secondary N) is 1. The molecule has 0 aliphatic carbocycles. The number of nitriles is 1. The van der Waals surface area contributed by atoms with E-state index in [0.717, 1.165) is 0 Å². The third-order valence-corrected chi connectivity index (χ3v) is 3.75. The molecule has 0 saturated heterocycles. The van der Waals surface area contributed by atoms with Crippen molar-refractivity contribution in [2.75, 3.05) is 6.61 Å². The minimum atomic E-state index is -0.642. The number of aromatic amines is 1. The van der Waals surface area contributed by atoms with Crippen LogP contribution in [0.5, 0.6) is 11.5 Å². The molecular weight excluding hydrogens is 332 g/mol. The van der Waals surface area contributed by atoms with Gasteiger partial charge in [0, 0.05) is 5.39 Å². The van der Waals surface area contributed by atoms with Crippen molar-refractivity contribution < 1.29 is 14.6 Å². The molecule has 2 N–H and O–H groups in total. The fraction of sp³-hybridized carbons (Fsp3) is 0.0500. The molecule has 0 aliphatic heterocycles. The summed E-state index contributed by atoms with van der Waals surface area (Å²) in [6.45, 7) is -0.0440. The number of carbonyl (C=O) groups excluding carboxylic acids is 1. The van der Waals surface area contributed by atoms with Crippen molar-refractivity contribution in [2.24, 2.45) is 0 Å². The number of rotatable bonds is 5. The van der Waals surface area contributed by atoms with E-state index in [2.05, 4.69) is 4.98 Å². The number of H-pyrrole nitrogens is 1. The molecule has 0 spiro atoms. The lowest BCUT2D eigenvalue weighted by Crippen LogP contribution is -2.16. The molecule has 0 amide bonds. The van der Waals surface area contributed by atoms with Crippen LogP contribution in [0.4, 0.5) is 0 Å². The van der Waals surface area contributed by atoms with Crippen molar-refractivity contribution >= 4 is 22.8 Å². The molecular formula is C20H14N2O4. The second-order valence-electron chi connectivity index (χ2n) is 5.44. The lowest BCUT2D eigenvalue weighted by molar-refractivity contribution is 0.104. The zero-order valence-corrected chi connectivity index (χ0v) is 13.6. The molecule has 26 heavy (non-hydrogen) atoms. The standard InChI is InChI=1S/C20H14N2O4/c21-11-12-26-14-8-5-13(6-9-14)7-10-17(23)18-19(24)15-3-1-2-4-16(15)22-20(18)25/h1-10H,12H2,(H2,22,24,25). The smallest absolute Gasteiger partial charge is 0.263 e. The molecule has 3 aromatic rings. The van der Waals surface area contributed by atoms with Crippen LogP contribution < -0.4 is 10.3 Å². The van der Waals surface area contributed by atoms with Crippen molar-refractivity contribution in [2.45, 2.75) is 0 Å². The van der Waals surface area contributed by atoms with Crippen molar-refractivity contribution in [3.05, 3.63) is 76.1 Å². The van der Waals surface area contributed by atoms with Crippen LogP contribution in [0.25, 0.3) is 17.0 Å². The van der Waals surface area contributed by atoms with Gasteiger partial charge in [0.25, 0.3) is 5.56 Å². The highest BCUT2D eigenvalue weighted by atomic mass is 16.5. The number of carbonyl (C=O) groups is 1. The molecule has 0 atom stereocenters. The molecule has 2 aromatic carbocycles. The first kappa shape index (κ1) is 17.0. The van der Waals surface area contributed by atoms with Gasteiger partial charge in [0.1, 0.15) is 23.1 Å². The number of ketones is 1. The molecule has 3 rings (SSSR count). The summed E-state index contributed by atoms with van der Waals surface area (Å²) in [6, 6.07) is 15.3. The fourth-order valence-corrected chi connectivity index (χ4v) is 2.50. The Morgan fingerprint density at radius 3 is 2.65 bits per heavy atom.